The first-order valence-corrected chi connectivity index (χ1v) is 11.0. The molecule has 3 aromatic rings. The molecule has 2 N–H and O–H groups in total. The van der Waals surface area contributed by atoms with Crippen LogP contribution in [0.3, 0.4) is 0 Å². The maximum absolute atomic E-state index is 12.5. The first-order chi connectivity index (χ1) is 16.3. The van der Waals surface area contributed by atoms with Crippen LogP contribution in [0.15, 0.2) is 70.7 Å². The van der Waals surface area contributed by atoms with E-state index in [4.69, 9.17) is 26.2 Å². The van der Waals surface area contributed by atoms with Crippen molar-refractivity contribution in [3.8, 4) is 17.6 Å². The SMILES string of the molecule is COc1cc(/C=C(/C#N)C(=O)Nc2ccc(Cl)cc2)cc(Br)c1OCc1ccc(C(=O)O)cc1. The lowest BCUT2D eigenvalue weighted by Gasteiger charge is -2.14. The van der Waals surface area contributed by atoms with Crippen molar-refractivity contribution in [1.82, 2.24) is 0 Å². The van der Waals surface area contributed by atoms with Gasteiger partial charge in [-0.1, -0.05) is 23.7 Å². The zero-order valence-electron chi connectivity index (χ0n) is 17.8. The summed E-state index contributed by atoms with van der Waals surface area (Å²) in [5.41, 5.74) is 1.91. The molecular formula is C25H18BrClN2O5. The van der Waals surface area contributed by atoms with E-state index in [1.807, 2.05) is 6.07 Å². The molecule has 1 amide bonds. The van der Waals surface area contributed by atoms with Gasteiger partial charge >= 0.3 is 5.97 Å². The Hall–Kier alpha value is -3.80. The molecular weight excluding hydrogens is 524 g/mol. The van der Waals surface area contributed by atoms with Crippen molar-refractivity contribution in [2.75, 3.05) is 12.4 Å². The van der Waals surface area contributed by atoms with Gasteiger partial charge in [0.2, 0.25) is 0 Å². The number of rotatable bonds is 8. The Morgan fingerprint density at radius 3 is 2.41 bits per heavy atom. The average molecular weight is 542 g/mol. The van der Waals surface area contributed by atoms with E-state index >= 15 is 0 Å². The number of carbonyl (C=O) groups is 2. The van der Waals surface area contributed by atoms with Gasteiger partial charge in [-0.05, 0) is 81.7 Å². The Morgan fingerprint density at radius 1 is 1.15 bits per heavy atom. The minimum atomic E-state index is -1.00. The Balaban J connectivity index is 1.78. The van der Waals surface area contributed by atoms with Gasteiger partial charge in [0.15, 0.2) is 11.5 Å². The van der Waals surface area contributed by atoms with Crippen LogP contribution in [0.2, 0.25) is 5.02 Å². The fourth-order valence-corrected chi connectivity index (χ4v) is 3.61. The van der Waals surface area contributed by atoms with Crippen molar-refractivity contribution in [2.45, 2.75) is 6.61 Å². The van der Waals surface area contributed by atoms with Gasteiger partial charge in [-0.15, -0.1) is 0 Å². The molecule has 0 aliphatic heterocycles. The van der Waals surface area contributed by atoms with Crippen LogP contribution >= 0.6 is 27.5 Å². The number of hydrogen-bond donors (Lipinski definition) is 2. The molecule has 0 spiro atoms. The van der Waals surface area contributed by atoms with Crippen molar-refractivity contribution in [3.63, 3.8) is 0 Å². The Bertz CT molecular complexity index is 1280. The first kappa shape index (κ1) is 24.8. The third-order valence-electron chi connectivity index (χ3n) is 4.61. The van der Waals surface area contributed by atoms with E-state index in [-0.39, 0.29) is 17.7 Å². The predicted octanol–water partition coefficient (Wildman–Crippen LogP) is 5.93. The molecule has 0 saturated heterocycles. The molecule has 7 nitrogen and oxygen atoms in total. The van der Waals surface area contributed by atoms with Gasteiger partial charge in [-0.3, -0.25) is 4.79 Å². The Morgan fingerprint density at radius 2 is 1.82 bits per heavy atom. The fraction of sp³-hybridized carbons (Fsp3) is 0.0800. The molecule has 3 aromatic carbocycles. The average Bonchev–Trinajstić information content (AvgIpc) is 2.83. The molecule has 0 atom stereocenters. The second-order valence-electron chi connectivity index (χ2n) is 6.96. The standard InChI is InChI=1S/C25H18BrClN2O5/c1-33-22-12-16(10-18(13-28)24(30)29-20-8-6-19(27)7-9-20)11-21(26)23(22)34-14-15-2-4-17(5-3-15)25(31)32/h2-12H,14H2,1H3,(H,29,30)(H,31,32)/b18-10-. The first-order valence-electron chi connectivity index (χ1n) is 9.82. The number of anilines is 1. The van der Waals surface area contributed by atoms with Crippen molar-refractivity contribution in [1.29, 1.82) is 5.26 Å². The van der Waals surface area contributed by atoms with Crippen LogP contribution < -0.4 is 14.8 Å². The van der Waals surface area contributed by atoms with Crippen molar-refractivity contribution < 1.29 is 24.2 Å². The number of hydrogen-bond acceptors (Lipinski definition) is 5. The summed E-state index contributed by atoms with van der Waals surface area (Å²) in [6.45, 7) is 0.178. The molecule has 0 fully saturated rings. The summed E-state index contributed by atoms with van der Waals surface area (Å²) < 4.78 is 11.9. The van der Waals surface area contributed by atoms with Gasteiger partial charge in [0.1, 0.15) is 18.2 Å². The van der Waals surface area contributed by atoms with Crippen LogP contribution in [0, 0.1) is 11.3 Å². The van der Waals surface area contributed by atoms with Crippen LogP contribution in [0.5, 0.6) is 11.5 Å². The lowest BCUT2D eigenvalue weighted by molar-refractivity contribution is -0.112. The number of carboxylic acid groups (broad SMARTS) is 1. The number of methoxy groups -OCH3 is 1. The maximum atomic E-state index is 12.5. The van der Waals surface area contributed by atoms with Gasteiger partial charge in [0.25, 0.3) is 5.91 Å². The summed E-state index contributed by atoms with van der Waals surface area (Å²) in [6.07, 6.45) is 1.44. The number of nitrogens with one attached hydrogen (secondary N) is 1. The van der Waals surface area contributed by atoms with E-state index in [9.17, 15) is 14.9 Å². The fourth-order valence-electron chi connectivity index (χ4n) is 2.91. The van der Waals surface area contributed by atoms with E-state index in [1.165, 1.54) is 25.3 Å². The molecule has 0 bridgehead atoms. The Labute approximate surface area is 209 Å². The van der Waals surface area contributed by atoms with E-state index in [1.54, 1.807) is 48.5 Å². The summed E-state index contributed by atoms with van der Waals surface area (Å²) >= 11 is 9.30. The highest BCUT2D eigenvalue weighted by Gasteiger charge is 2.15. The minimum absolute atomic E-state index is 0.101. The molecule has 0 aliphatic rings. The van der Waals surface area contributed by atoms with Gasteiger partial charge in [-0.2, -0.15) is 5.26 Å². The van der Waals surface area contributed by atoms with E-state index in [0.29, 0.717) is 32.2 Å². The van der Waals surface area contributed by atoms with Crippen LogP contribution in [0.1, 0.15) is 21.5 Å². The lowest BCUT2D eigenvalue weighted by Crippen LogP contribution is -2.13. The van der Waals surface area contributed by atoms with Gasteiger partial charge in [0.05, 0.1) is 17.1 Å². The molecule has 0 radical (unpaired) electrons. The molecule has 0 aliphatic carbocycles. The highest BCUT2D eigenvalue weighted by Crippen LogP contribution is 2.38. The molecule has 0 aromatic heterocycles. The number of amides is 1. The van der Waals surface area contributed by atoms with Crippen LogP contribution in [-0.4, -0.2) is 24.1 Å². The highest BCUT2D eigenvalue weighted by atomic mass is 79.9. The third kappa shape index (κ3) is 6.38. The Kier molecular flexibility index (Phi) is 8.30. The van der Waals surface area contributed by atoms with Crippen LogP contribution in [0.25, 0.3) is 6.08 Å². The second-order valence-corrected chi connectivity index (χ2v) is 8.25. The number of benzene rings is 3. The highest BCUT2D eigenvalue weighted by molar-refractivity contribution is 9.10. The van der Waals surface area contributed by atoms with Crippen LogP contribution in [0.4, 0.5) is 5.69 Å². The van der Waals surface area contributed by atoms with Gasteiger partial charge in [-0.25, -0.2) is 4.79 Å². The molecule has 3 rings (SSSR count). The third-order valence-corrected chi connectivity index (χ3v) is 5.46. The number of carbonyl (C=O) groups excluding carboxylic acids is 1. The van der Waals surface area contributed by atoms with Crippen molar-refractivity contribution >= 4 is 51.2 Å². The zero-order valence-corrected chi connectivity index (χ0v) is 20.2. The van der Waals surface area contributed by atoms with E-state index in [0.717, 1.165) is 5.56 Å². The number of carboxylic acids is 1. The van der Waals surface area contributed by atoms with Crippen LogP contribution in [-0.2, 0) is 11.4 Å². The normalized spacial score (nSPS) is 10.8. The zero-order chi connectivity index (χ0) is 24.7. The number of halogens is 2. The summed E-state index contributed by atoms with van der Waals surface area (Å²) in [5, 5.41) is 21.7. The molecule has 0 heterocycles. The van der Waals surface area contributed by atoms with Crippen molar-refractivity contribution in [3.05, 3.63) is 92.4 Å². The number of nitriles is 1. The molecule has 9 heteroatoms. The molecule has 0 unspecified atom stereocenters. The number of nitrogens with zero attached hydrogens (tertiary/aromatic N) is 1. The van der Waals surface area contributed by atoms with E-state index in [2.05, 4.69) is 21.2 Å². The summed E-state index contributed by atoms with van der Waals surface area (Å²) in [5.74, 6) is -0.756. The minimum Gasteiger partial charge on any atom is -0.493 e. The van der Waals surface area contributed by atoms with Gasteiger partial charge < -0.3 is 19.9 Å². The second kappa shape index (κ2) is 11.4. The summed E-state index contributed by atoms with van der Waals surface area (Å²) in [7, 11) is 1.47. The summed E-state index contributed by atoms with van der Waals surface area (Å²) in [4.78, 5) is 23.5. The smallest absolute Gasteiger partial charge is 0.335 e. The molecule has 34 heavy (non-hydrogen) atoms. The molecule has 172 valence electrons. The number of aromatic carboxylic acids is 1. The monoisotopic (exact) mass is 540 g/mol. The van der Waals surface area contributed by atoms with Crippen molar-refractivity contribution in [2.24, 2.45) is 0 Å². The largest absolute Gasteiger partial charge is 0.493 e. The van der Waals surface area contributed by atoms with E-state index < -0.39 is 11.9 Å². The quantitative estimate of drug-likeness (QED) is 0.270. The maximum Gasteiger partial charge on any atom is 0.335 e. The van der Waals surface area contributed by atoms with Gasteiger partial charge in [0, 0.05) is 10.7 Å². The summed E-state index contributed by atoms with van der Waals surface area (Å²) in [6, 6.07) is 18.1. The number of ether oxygens (including phenoxy) is 2. The molecule has 0 saturated carbocycles. The predicted molar refractivity (Wildman–Crippen MR) is 132 cm³/mol. The topological polar surface area (TPSA) is 109 Å². The lowest BCUT2D eigenvalue weighted by atomic mass is 10.1.